The molecule has 0 saturated heterocycles. The summed E-state index contributed by atoms with van der Waals surface area (Å²) in [6.07, 6.45) is 0. The van der Waals surface area contributed by atoms with Crippen molar-refractivity contribution in [3.63, 3.8) is 0 Å². The number of carbonyl (C=O) groups is 1. The number of ether oxygens (including phenoxy) is 1. The molecule has 1 aromatic carbocycles. The summed E-state index contributed by atoms with van der Waals surface area (Å²) < 4.78 is 5.18. The largest absolute Gasteiger partial charge is 0.496 e. The molecule has 0 spiro atoms. The van der Waals surface area contributed by atoms with E-state index in [2.05, 4.69) is 0 Å². The highest BCUT2D eigenvalue weighted by molar-refractivity contribution is 8.14. The molecule has 0 fully saturated rings. The fraction of sp³-hybridized carbons (Fsp3) is 0.300. The second kappa shape index (κ2) is 3.29. The molecule has 14 heavy (non-hydrogen) atoms. The Kier molecular flexibility index (Phi) is 2.25. The SMILES string of the molecule is COc1ccc2c(c1C)SC(=O)C2N. The number of benzene rings is 1. The van der Waals surface area contributed by atoms with Crippen molar-refractivity contribution in [2.75, 3.05) is 7.11 Å². The van der Waals surface area contributed by atoms with Gasteiger partial charge in [-0.25, -0.2) is 0 Å². The smallest absolute Gasteiger partial charge is 0.214 e. The van der Waals surface area contributed by atoms with Gasteiger partial charge < -0.3 is 10.5 Å². The number of hydrogen-bond donors (Lipinski definition) is 1. The van der Waals surface area contributed by atoms with Crippen LogP contribution >= 0.6 is 11.8 Å². The molecule has 0 aromatic heterocycles. The lowest BCUT2D eigenvalue weighted by atomic mass is 10.1. The average molecular weight is 209 g/mol. The van der Waals surface area contributed by atoms with E-state index >= 15 is 0 Å². The maximum Gasteiger partial charge on any atom is 0.214 e. The Morgan fingerprint density at radius 3 is 2.86 bits per heavy atom. The fourth-order valence-electron chi connectivity index (χ4n) is 1.59. The third-order valence-corrected chi connectivity index (χ3v) is 3.60. The van der Waals surface area contributed by atoms with E-state index in [9.17, 15) is 4.79 Å². The molecule has 2 rings (SSSR count). The maximum absolute atomic E-state index is 11.4. The summed E-state index contributed by atoms with van der Waals surface area (Å²) >= 11 is 1.21. The predicted molar refractivity (Wildman–Crippen MR) is 55.5 cm³/mol. The van der Waals surface area contributed by atoms with Gasteiger partial charge in [0.25, 0.3) is 0 Å². The molecule has 3 nitrogen and oxygen atoms in total. The second-order valence-electron chi connectivity index (χ2n) is 3.21. The fourth-order valence-corrected chi connectivity index (χ4v) is 2.61. The minimum absolute atomic E-state index is 0.0105. The van der Waals surface area contributed by atoms with Crippen molar-refractivity contribution in [1.82, 2.24) is 0 Å². The van der Waals surface area contributed by atoms with Gasteiger partial charge >= 0.3 is 0 Å². The number of fused-ring (bicyclic) bond motifs is 1. The van der Waals surface area contributed by atoms with Crippen LogP contribution in [-0.2, 0) is 4.79 Å². The third kappa shape index (κ3) is 1.22. The summed E-state index contributed by atoms with van der Waals surface area (Å²) in [6.45, 7) is 1.94. The minimum atomic E-state index is -0.473. The van der Waals surface area contributed by atoms with Crippen LogP contribution in [0.2, 0.25) is 0 Å². The van der Waals surface area contributed by atoms with Crippen molar-refractivity contribution < 1.29 is 9.53 Å². The van der Waals surface area contributed by atoms with Gasteiger partial charge in [0.05, 0.1) is 7.11 Å². The van der Waals surface area contributed by atoms with Crippen LogP contribution in [0.15, 0.2) is 17.0 Å². The van der Waals surface area contributed by atoms with Crippen LogP contribution in [0, 0.1) is 6.92 Å². The van der Waals surface area contributed by atoms with Crippen LogP contribution in [0.4, 0.5) is 0 Å². The van der Waals surface area contributed by atoms with E-state index in [-0.39, 0.29) is 5.12 Å². The lowest BCUT2D eigenvalue weighted by molar-refractivity contribution is -0.111. The Bertz CT molecular complexity index is 403. The van der Waals surface area contributed by atoms with Gasteiger partial charge in [0.15, 0.2) is 0 Å². The van der Waals surface area contributed by atoms with Crippen molar-refractivity contribution in [1.29, 1.82) is 0 Å². The highest BCUT2D eigenvalue weighted by atomic mass is 32.2. The van der Waals surface area contributed by atoms with Gasteiger partial charge in [-0.05, 0) is 30.3 Å². The number of rotatable bonds is 1. The van der Waals surface area contributed by atoms with Gasteiger partial charge in [-0.2, -0.15) is 0 Å². The summed E-state index contributed by atoms with van der Waals surface area (Å²) in [6, 6.07) is 3.25. The molecule has 0 aliphatic carbocycles. The van der Waals surface area contributed by atoms with Crippen molar-refractivity contribution in [2.24, 2.45) is 5.73 Å². The van der Waals surface area contributed by atoms with Crippen molar-refractivity contribution in [3.8, 4) is 5.75 Å². The summed E-state index contributed by atoms with van der Waals surface area (Å²) in [5, 5.41) is 0.0105. The predicted octanol–water partition coefficient (Wildman–Crippen LogP) is 1.64. The first kappa shape index (κ1) is 9.55. The molecule has 4 heteroatoms. The van der Waals surface area contributed by atoms with Gasteiger partial charge in [-0.3, -0.25) is 4.79 Å². The Balaban J connectivity index is 2.58. The lowest BCUT2D eigenvalue weighted by Crippen LogP contribution is -2.13. The number of carbonyl (C=O) groups excluding carboxylic acids is 1. The number of thioether (sulfide) groups is 1. The standard InChI is InChI=1S/C10H11NO2S/c1-5-7(13-2)4-3-6-8(11)10(12)14-9(5)6/h3-4,8H,11H2,1-2H3. The summed E-state index contributed by atoms with van der Waals surface area (Å²) in [5.41, 5.74) is 7.65. The van der Waals surface area contributed by atoms with Crippen LogP contribution in [0.5, 0.6) is 5.75 Å². The normalized spacial score (nSPS) is 19.6. The van der Waals surface area contributed by atoms with Crippen LogP contribution in [-0.4, -0.2) is 12.2 Å². The van der Waals surface area contributed by atoms with E-state index in [4.69, 9.17) is 10.5 Å². The van der Waals surface area contributed by atoms with E-state index in [1.54, 1.807) is 7.11 Å². The molecule has 0 amide bonds. The monoisotopic (exact) mass is 209 g/mol. The van der Waals surface area contributed by atoms with Crippen LogP contribution < -0.4 is 10.5 Å². The van der Waals surface area contributed by atoms with Crippen LogP contribution in [0.3, 0.4) is 0 Å². The first-order valence-electron chi connectivity index (χ1n) is 4.30. The molecule has 1 aliphatic heterocycles. The molecule has 1 atom stereocenters. The van der Waals surface area contributed by atoms with E-state index in [0.717, 1.165) is 21.8 Å². The topological polar surface area (TPSA) is 52.3 Å². The van der Waals surface area contributed by atoms with E-state index in [1.165, 1.54) is 11.8 Å². The van der Waals surface area contributed by atoms with Gasteiger partial charge in [0.2, 0.25) is 5.12 Å². The van der Waals surface area contributed by atoms with Gasteiger partial charge in [0.1, 0.15) is 11.8 Å². The highest BCUT2D eigenvalue weighted by Crippen LogP contribution is 2.43. The summed E-state index contributed by atoms with van der Waals surface area (Å²) in [7, 11) is 1.62. The minimum Gasteiger partial charge on any atom is -0.496 e. The molecule has 0 radical (unpaired) electrons. The Morgan fingerprint density at radius 1 is 1.50 bits per heavy atom. The highest BCUT2D eigenvalue weighted by Gasteiger charge is 2.30. The quantitative estimate of drug-likeness (QED) is 0.764. The number of methoxy groups -OCH3 is 1. The molecule has 2 N–H and O–H groups in total. The molecule has 1 aromatic rings. The molecule has 1 heterocycles. The van der Waals surface area contributed by atoms with E-state index < -0.39 is 6.04 Å². The molecular weight excluding hydrogens is 198 g/mol. The average Bonchev–Trinajstić information content (AvgIpc) is 2.46. The summed E-state index contributed by atoms with van der Waals surface area (Å²) in [5.74, 6) is 0.804. The Labute approximate surface area is 86.6 Å². The van der Waals surface area contributed by atoms with Crippen molar-refractivity contribution >= 4 is 16.9 Å². The van der Waals surface area contributed by atoms with Gasteiger partial charge in [-0.1, -0.05) is 6.07 Å². The maximum atomic E-state index is 11.4. The molecule has 1 unspecified atom stereocenters. The second-order valence-corrected chi connectivity index (χ2v) is 4.22. The zero-order chi connectivity index (χ0) is 10.3. The summed E-state index contributed by atoms with van der Waals surface area (Å²) in [4.78, 5) is 12.3. The third-order valence-electron chi connectivity index (χ3n) is 2.40. The zero-order valence-electron chi connectivity index (χ0n) is 8.03. The Morgan fingerprint density at radius 2 is 2.21 bits per heavy atom. The van der Waals surface area contributed by atoms with E-state index in [1.807, 2.05) is 19.1 Å². The lowest BCUT2D eigenvalue weighted by Gasteiger charge is -2.08. The molecule has 0 saturated carbocycles. The number of nitrogens with two attached hydrogens (primary N) is 1. The zero-order valence-corrected chi connectivity index (χ0v) is 8.85. The van der Waals surface area contributed by atoms with Crippen molar-refractivity contribution in [2.45, 2.75) is 17.9 Å². The first-order chi connectivity index (χ1) is 6.65. The van der Waals surface area contributed by atoms with Crippen LogP contribution in [0.1, 0.15) is 17.2 Å². The number of hydrogen-bond acceptors (Lipinski definition) is 4. The first-order valence-corrected chi connectivity index (χ1v) is 5.11. The molecule has 0 bridgehead atoms. The van der Waals surface area contributed by atoms with Gasteiger partial charge in [0, 0.05) is 10.5 Å². The van der Waals surface area contributed by atoms with E-state index in [0.29, 0.717) is 0 Å². The molecular formula is C10H11NO2S. The van der Waals surface area contributed by atoms with Gasteiger partial charge in [-0.15, -0.1) is 0 Å². The molecule has 1 aliphatic rings. The van der Waals surface area contributed by atoms with Crippen molar-refractivity contribution in [3.05, 3.63) is 23.3 Å². The van der Waals surface area contributed by atoms with Crippen LogP contribution in [0.25, 0.3) is 0 Å². The Hall–Kier alpha value is -1.00. The molecule has 74 valence electrons.